The molecule has 0 aromatic carbocycles. The average molecular weight is 188 g/mol. The van der Waals surface area contributed by atoms with E-state index in [9.17, 15) is 0 Å². The minimum Gasteiger partial charge on any atom is -0.264 e. The average Bonchev–Trinajstić information content (AvgIpc) is 2.19. The van der Waals surface area contributed by atoms with E-state index in [2.05, 4.69) is 36.6 Å². The largest absolute Gasteiger partial charge is 0.264 e. The SMILES string of the molecule is C=Nc1ccncc1/C(=C\C)C(C)C. The summed E-state index contributed by atoms with van der Waals surface area (Å²) in [7, 11) is 0. The molecule has 2 nitrogen and oxygen atoms in total. The van der Waals surface area contributed by atoms with Crippen molar-refractivity contribution in [2.75, 3.05) is 0 Å². The molecule has 0 spiro atoms. The lowest BCUT2D eigenvalue weighted by molar-refractivity contribution is 0.853. The minimum atomic E-state index is 0.477. The van der Waals surface area contributed by atoms with E-state index in [0.29, 0.717) is 5.92 Å². The van der Waals surface area contributed by atoms with Gasteiger partial charge in [0.2, 0.25) is 0 Å². The zero-order valence-corrected chi connectivity index (χ0v) is 8.99. The fourth-order valence-corrected chi connectivity index (χ4v) is 1.55. The van der Waals surface area contributed by atoms with E-state index < -0.39 is 0 Å². The molecule has 0 radical (unpaired) electrons. The van der Waals surface area contributed by atoms with Crippen LogP contribution >= 0.6 is 0 Å². The van der Waals surface area contributed by atoms with Gasteiger partial charge in [-0.2, -0.15) is 0 Å². The van der Waals surface area contributed by atoms with Gasteiger partial charge in [0.25, 0.3) is 0 Å². The Hall–Kier alpha value is -1.44. The molecule has 1 heterocycles. The van der Waals surface area contributed by atoms with Gasteiger partial charge < -0.3 is 0 Å². The van der Waals surface area contributed by atoms with Gasteiger partial charge in [0.05, 0.1) is 5.69 Å². The number of nitrogens with zero attached hydrogens (tertiary/aromatic N) is 2. The predicted molar refractivity (Wildman–Crippen MR) is 61.9 cm³/mol. The van der Waals surface area contributed by atoms with Crippen LogP contribution in [0.3, 0.4) is 0 Å². The van der Waals surface area contributed by atoms with E-state index in [4.69, 9.17) is 0 Å². The van der Waals surface area contributed by atoms with Crippen molar-refractivity contribution < 1.29 is 0 Å². The Bertz CT molecular complexity index is 351. The molecule has 1 aromatic heterocycles. The Morgan fingerprint density at radius 2 is 2.29 bits per heavy atom. The van der Waals surface area contributed by atoms with Gasteiger partial charge in [-0.3, -0.25) is 9.98 Å². The predicted octanol–water partition coefficient (Wildman–Crippen LogP) is 3.47. The van der Waals surface area contributed by atoms with Gasteiger partial charge in [-0.1, -0.05) is 19.9 Å². The molecule has 2 heteroatoms. The monoisotopic (exact) mass is 188 g/mol. The van der Waals surface area contributed by atoms with Crippen LogP contribution in [0.4, 0.5) is 5.69 Å². The number of aromatic nitrogens is 1. The third-order valence-corrected chi connectivity index (χ3v) is 2.21. The first-order valence-corrected chi connectivity index (χ1v) is 4.78. The van der Waals surface area contributed by atoms with Crippen LogP contribution in [0.1, 0.15) is 26.3 Å². The van der Waals surface area contributed by atoms with Crippen LogP contribution in [0.15, 0.2) is 29.5 Å². The Labute approximate surface area is 85.4 Å². The summed E-state index contributed by atoms with van der Waals surface area (Å²) in [5.41, 5.74) is 3.25. The lowest BCUT2D eigenvalue weighted by atomic mass is 9.95. The quantitative estimate of drug-likeness (QED) is 0.667. The molecule has 0 bridgehead atoms. The molecule has 0 N–H and O–H groups in total. The highest BCUT2D eigenvalue weighted by Gasteiger charge is 2.09. The summed E-state index contributed by atoms with van der Waals surface area (Å²) in [5, 5.41) is 0. The van der Waals surface area contributed by atoms with Gasteiger partial charge in [0, 0.05) is 18.0 Å². The topological polar surface area (TPSA) is 25.2 Å². The van der Waals surface area contributed by atoms with Crippen LogP contribution in [0.2, 0.25) is 0 Å². The molecule has 0 aliphatic carbocycles. The molecule has 0 unspecified atom stereocenters. The Balaban J connectivity index is 3.23. The van der Waals surface area contributed by atoms with E-state index in [0.717, 1.165) is 11.3 Å². The second-order valence-electron chi connectivity index (χ2n) is 3.45. The second-order valence-corrected chi connectivity index (χ2v) is 3.45. The summed E-state index contributed by atoms with van der Waals surface area (Å²) >= 11 is 0. The summed E-state index contributed by atoms with van der Waals surface area (Å²) < 4.78 is 0. The zero-order valence-electron chi connectivity index (χ0n) is 8.99. The van der Waals surface area contributed by atoms with Crippen molar-refractivity contribution >= 4 is 18.0 Å². The number of aliphatic imine (C=N–C) groups is 1. The second kappa shape index (κ2) is 4.70. The highest BCUT2D eigenvalue weighted by molar-refractivity contribution is 5.75. The van der Waals surface area contributed by atoms with Gasteiger partial charge in [-0.15, -0.1) is 0 Å². The molecular formula is C12H16N2. The third kappa shape index (κ3) is 2.08. The first-order valence-electron chi connectivity index (χ1n) is 4.78. The Morgan fingerprint density at radius 3 is 2.79 bits per heavy atom. The number of hydrogen-bond donors (Lipinski definition) is 0. The fourth-order valence-electron chi connectivity index (χ4n) is 1.55. The van der Waals surface area contributed by atoms with Gasteiger partial charge in [-0.05, 0) is 31.2 Å². The number of rotatable bonds is 3. The Kier molecular flexibility index (Phi) is 3.57. The molecule has 1 rings (SSSR count). The van der Waals surface area contributed by atoms with E-state index in [1.165, 1.54) is 5.57 Å². The summed E-state index contributed by atoms with van der Waals surface area (Å²) in [6.07, 6.45) is 5.69. The van der Waals surface area contributed by atoms with Crippen LogP contribution in [-0.2, 0) is 0 Å². The maximum Gasteiger partial charge on any atom is 0.0728 e. The molecule has 0 atom stereocenters. The molecule has 0 aliphatic rings. The lowest BCUT2D eigenvalue weighted by Gasteiger charge is -2.12. The van der Waals surface area contributed by atoms with E-state index in [-0.39, 0.29) is 0 Å². The van der Waals surface area contributed by atoms with Crippen molar-refractivity contribution in [3.8, 4) is 0 Å². The normalized spacial score (nSPS) is 11.9. The van der Waals surface area contributed by atoms with Gasteiger partial charge in [-0.25, -0.2) is 0 Å². The van der Waals surface area contributed by atoms with Crippen molar-refractivity contribution in [3.63, 3.8) is 0 Å². The van der Waals surface area contributed by atoms with Gasteiger partial charge in [0.15, 0.2) is 0 Å². The van der Waals surface area contributed by atoms with Crippen LogP contribution in [-0.4, -0.2) is 11.7 Å². The van der Waals surface area contributed by atoms with Crippen LogP contribution in [0.5, 0.6) is 0 Å². The summed E-state index contributed by atoms with van der Waals surface area (Å²) in [6, 6.07) is 1.88. The summed E-state index contributed by atoms with van der Waals surface area (Å²) in [6.45, 7) is 9.92. The number of pyridine rings is 1. The maximum absolute atomic E-state index is 4.12. The molecule has 0 fully saturated rings. The van der Waals surface area contributed by atoms with Crippen molar-refractivity contribution in [1.29, 1.82) is 0 Å². The van der Waals surface area contributed by atoms with Crippen LogP contribution in [0.25, 0.3) is 5.57 Å². The highest BCUT2D eigenvalue weighted by Crippen LogP contribution is 2.29. The zero-order chi connectivity index (χ0) is 10.6. The molecular weight excluding hydrogens is 172 g/mol. The van der Waals surface area contributed by atoms with Crippen molar-refractivity contribution in [2.24, 2.45) is 10.9 Å². The minimum absolute atomic E-state index is 0.477. The Morgan fingerprint density at radius 1 is 1.57 bits per heavy atom. The summed E-state index contributed by atoms with van der Waals surface area (Å²) in [4.78, 5) is 8.11. The number of allylic oxidation sites excluding steroid dienone is 2. The van der Waals surface area contributed by atoms with Gasteiger partial charge >= 0.3 is 0 Å². The molecule has 14 heavy (non-hydrogen) atoms. The maximum atomic E-state index is 4.12. The van der Waals surface area contributed by atoms with Gasteiger partial charge in [0.1, 0.15) is 0 Å². The van der Waals surface area contributed by atoms with Crippen molar-refractivity contribution in [3.05, 3.63) is 30.1 Å². The standard InChI is InChI=1S/C12H16N2/c1-5-10(9(2)3)11-8-14-7-6-12(11)13-4/h5-9H,4H2,1-3H3/b10-5-. The molecule has 0 amide bonds. The smallest absolute Gasteiger partial charge is 0.0728 e. The lowest BCUT2D eigenvalue weighted by Crippen LogP contribution is -1.94. The van der Waals surface area contributed by atoms with E-state index in [1.54, 1.807) is 6.20 Å². The van der Waals surface area contributed by atoms with Crippen molar-refractivity contribution in [1.82, 2.24) is 4.98 Å². The molecule has 1 aromatic rings. The first-order chi connectivity index (χ1) is 6.70. The summed E-state index contributed by atoms with van der Waals surface area (Å²) in [5.74, 6) is 0.477. The van der Waals surface area contributed by atoms with Crippen LogP contribution in [0, 0.1) is 5.92 Å². The van der Waals surface area contributed by atoms with Crippen LogP contribution < -0.4 is 0 Å². The van der Waals surface area contributed by atoms with E-state index in [1.807, 2.05) is 19.2 Å². The highest BCUT2D eigenvalue weighted by atomic mass is 14.7. The fraction of sp³-hybridized carbons (Fsp3) is 0.333. The molecule has 74 valence electrons. The molecule has 0 saturated carbocycles. The molecule has 0 aliphatic heterocycles. The third-order valence-electron chi connectivity index (χ3n) is 2.21. The van der Waals surface area contributed by atoms with Crippen molar-refractivity contribution in [2.45, 2.75) is 20.8 Å². The molecule has 0 saturated heterocycles. The number of hydrogen-bond acceptors (Lipinski definition) is 2. The van der Waals surface area contributed by atoms with E-state index >= 15 is 0 Å². The first kappa shape index (κ1) is 10.6.